The Morgan fingerprint density at radius 1 is 0.781 bits per heavy atom. The maximum Gasteiger partial charge on any atom is 0.246 e. The summed E-state index contributed by atoms with van der Waals surface area (Å²) in [5.74, 6) is -9.62. The Kier molecular flexibility index (Phi) is 24.9. The van der Waals surface area contributed by atoms with E-state index in [0.717, 1.165) is 0 Å². The van der Waals surface area contributed by atoms with E-state index in [4.69, 9.17) is 21.9 Å². The van der Waals surface area contributed by atoms with Gasteiger partial charge in [-0.1, -0.05) is 46.2 Å². The van der Waals surface area contributed by atoms with Gasteiger partial charge in [0, 0.05) is 31.6 Å². The third-order valence-electron chi connectivity index (χ3n) is 12.0. The number of primary amides is 3. The minimum Gasteiger partial charge on any atom is -0.497 e. The molecule has 14 N–H and O–H groups in total. The van der Waals surface area contributed by atoms with Gasteiger partial charge in [-0.3, -0.25) is 57.5 Å². The quantitative estimate of drug-likeness (QED) is 0.0607. The van der Waals surface area contributed by atoms with Crippen LogP contribution in [-0.2, 0) is 64.0 Å². The van der Waals surface area contributed by atoms with Crippen molar-refractivity contribution < 1.29 is 62.3 Å². The van der Waals surface area contributed by atoms with Gasteiger partial charge in [0.25, 0.3) is 0 Å². The highest BCUT2D eigenvalue weighted by atomic mass is 32.2. The summed E-state index contributed by atoms with van der Waals surface area (Å²) in [4.78, 5) is 161. The van der Waals surface area contributed by atoms with Crippen molar-refractivity contribution >= 4 is 82.6 Å². The normalized spacial score (nSPS) is 22.4. The first kappa shape index (κ1) is 60.3. The molecule has 0 aliphatic carbocycles. The third-order valence-corrected chi connectivity index (χ3v) is 13.2. The van der Waals surface area contributed by atoms with Gasteiger partial charge in [0.05, 0.1) is 26.6 Å². The number of thioether (sulfide) groups is 1. The lowest BCUT2D eigenvalue weighted by Gasteiger charge is -2.31. The molecule has 2 saturated heterocycles. The number of benzene rings is 1. The van der Waals surface area contributed by atoms with Gasteiger partial charge in [-0.2, -0.15) is 11.8 Å². The van der Waals surface area contributed by atoms with Gasteiger partial charge >= 0.3 is 0 Å². The highest BCUT2D eigenvalue weighted by molar-refractivity contribution is 7.99. The summed E-state index contributed by atoms with van der Waals surface area (Å²) in [5, 5.41) is 20.4. The predicted molar refractivity (Wildman–Crippen MR) is 266 cm³/mol. The number of hydrogen-bond acceptors (Lipinski definition) is 14. The lowest BCUT2D eigenvalue weighted by molar-refractivity contribution is -0.142. The lowest BCUT2D eigenvalue weighted by Crippen LogP contribution is -2.61. The Morgan fingerprint density at radius 3 is 2.05 bits per heavy atom. The molecule has 3 rings (SSSR count). The summed E-state index contributed by atoms with van der Waals surface area (Å²) < 4.78 is 5.26. The number of methoxy groups -OCH3 is 1. The van der Waals surface area contributed by atoms with Gasteiger partial charge in [-0.05, 0) is 67.4 Å². The van der Waals surface area contributed by atoms with Crippen LogP contribution in [0.3, 0.4) is 0 Å². The molecule has 25 nitrogen and oxygen atoms in total. The molecule has 2 heterocycles. The van der Waals surface area contributed by atoms with Crippen LogP contribution in [0.15, 0.2) is 24.3 Å². The van der Waals surface area contributed by atoms with Crippen molar-refractivity contribution in [2.24, 2.45) is 29.0 Å². The second-order valence-electron chi connectivity index (χ2n) is 18.4. The van der Waals surface area contributed by atoms with E-state index in [1.54, 1.807) is 52.0 Å². The average Bonchev–Trinajstić information content (AvgIpc) is 3.84. The molecule has 0 radical (unpaired) electrons. The molecule has 12 amide bonds. The molecule has 1 aromatic rings. The summed E-state index contributed by atoms with van der Waals surface area (Å²) in [7, 11) is 1.50. The van der Waals surface area contributed by atoms with E-state index in [0.29, 0.717) is 24.2 Å². The molecule has 404 valence electrons. The number of nitrogens with one attached hydrogen (secondary N) is 8. The first-order chi connectivity index (χ1) is 34.5. The van der Waals surface area contributed by atoms with Crippen LogP contribution in [0.4, 0.5) is 0 Å². The van der Waals surface area contributed by atoms with Crippen LogP contribution < -0.4 is 64.5 Å². The van der Waals surface area contributed by atoms with Crippen molar-refractivity contribution in [1.29, 1.82) is 0 Å². The van der Waals surface area contributed by atoms with Crippen molar-refractivity contribution in [3.8, 4) is 5.75 Å². The zero-order chi connectivity index (χ0) is 54.4. The summed E-state index contributed by atoms with van der Waals surface area (Å²) in [5.41, 5.74) is 16.7. The first-order valence-electron chi connectivity index (χ1n) is 24.2. The second-order valence-corrected chi connectivity index (χ2v) is 19.6. The summed E-state index contributed by atoms with van der Waals surface area (Å²) >= 11 is 1.17. The molecule has 0 saturated carbocycles. The molecule has 0 bridgehead atoms. The second kappa shape index (κ2) is 30.1. The van der Waals surface area contributed by atoms with E-state index in [9.17, 15) is 57.5 Å². The van der Waals surface area contributed by atoms with Gasteiger partial charge in [0.1, 0.15) is 48.0 Å². The zero-order valence-electron chi connectivity index (χ0n) is 42.0. The van der Waals surface area contributed by atoms with Crippen molar-refractivity contribution in [2.75, 3.05) is 38.2 Å². The lowest BCUT2D eigenvalue weighted by atomic mass is 9.96. The fourth-order valence-electron chi connectivity index (χ4n) is 7.92. The van der Waals surface area contributed by atoms with E-state index in [-0.39, 0.29) is 62.5 Å². The van der Waals surface area contributed by atoms with E-state index in [1.807, 2.05) is 0 Å². The Hall–Kier alpha value is -6.99. The Balaban J connectivity index is 2.00. The molecule has 26 heteroatoms. The van der Waals surface area contributed by atoms with Gasteiger partial charge in [-0.25, -0.2) is 0 Å². The number of hydrogen-bond donors (Lipinski definition) is 11. The van der Waals surface area contributed by atoms with Gasteiger partial charge in [0.15, 0.2) is 0 Å². The predicted octanol–water partition coefficient (Wildman–Crippen LogP) is -3.38. The highest BCUT2D eigenvalue weighted by Crippen LogP contribution is 2.22. The van der Waals surface area contributed by atoms with Crippen LogP contribution in [0.2, 0.25) is 0 Å². The molecule has 0 spiro atoms. The van der Waals surface area contributed by atoms with Crippen molar-refractivity contribution in [3.63, 3.8) is 0 Å². The average molecular weight is 1050 g/mol. The van der Waals surface area contributed by atoms with Crippen LogP contribution in [0.5, 0.6) is 5.75 Å². The number of carbonyl (C=O) groups is 12. The van der Waals surface area contributed by atoms with Crippen LogP contribution in [0.25, 0.3) is 0 Å². The maximum absolute atomic E-state index is 14.6. The van der Waals surface area contributed by atoms with E-state index in [2.05, 4.69) is 42.5 Å². The number of ether oxygens (including phenoxy) is 1. The molecule has 2 aliphatic rings. The van der Waals surface area contributed by atoms with Crippen LogP contribution in [0, 0.1) is 11.8 Å². The fraction of sp³-hybridized carbons (Fsp3) is 0.617. The number of nitrogens with zero attached hydrogens (tertiary/aromatic N) is 1. The standard InChI is InChI=1S/C47H72N12O13S/c1-6-26(4)40-46(70)54-29(15-16-35(48)60)42(66)55-32(21-36(49)61)43(67)57-33(24-73-18-8-10-38(63)53-31(44(68)58-40)20-27-11-13-28(72-5)14-12-27)47(71)59-17-7-9-34(59)45(69)56-30(19-25(2)3)41(65)52-23-39(64)51-22-37(50)62/h11-14,25-26,29-34,40H,6-10,15-24H2,1-5H3,(H2,48,60)(H2,49,61)(H2,50,62)(H,51,64)(H,52,65)(H,53,63)(H,54,70)(H,55,66)(H,56,69)(H,57,67)(H,58,68)/t26-,29-,30-,31-,32-,33-,34-,40-/m0/s1. The number of amides is 12. The molecule has 2 fully saturated rings. The van der Waals surface area contributed by atoms with Crippen molar-refractivity contribution in [3.05, 3.63) is 29.8 Å². The molecule has 0 aromatic heterocycles. The zero-order valence-corrected chi connectivity index (χ0v) is 42.8. The molecular formula is C47H72N12O13S. The van der Waals surface area contributed by atoms with Gasteiger partial charge in [0.2, 0.25) is 70.9 Å². The Morgan fingerprint density at radius 2 is 1.44 bits per heavy atom. The molecular weight excluding hydrogens is 973 g/mol. The van der Waals surface area contributed by atoms with Crippen LogP contribution in [-0.4, -0.2) is 156 Å². The maximum atomic E-state index is 14.6. The van der Waals surface area contributed by atoms with Gasteiger partial charge in [-0.15, -0.1) is 0 Å². The Labute approximate surface area is 428 Å². The molecule has 73 heavy (non-hydrogen) atoms. The summed E-state index contributed by atoms with van der Waals surface area (Å²) in [6.07, 6.45) is -0.384. The summed E-state index contributed by atoms with van der Waals surface area (Å²) in [6.45, 7) is 6.15. The molecule has 1 aromatic carbocycles. The van der Waals surface area contributed by atoms with Crippen molar-refractivity contribution in [2.45, 2.75) is 134 Å². The highest BCUT2D eigenvalue weighted by Gasteiger charge is 2.41. The first-order valence-corrected chi connectivity index (χ1v) is 25.4. The SMILES string of the molecule is CC[C@H](C)[C@@H]1NC(=O)[C@H](Cc2ccc(OC)cc2)NC(=O)CCCSC[C@@H](C(=O)N2CCC[C@H]2C(=O)N[C@@H](CC(C)C)C(=O)NCC(=O)NCC(N)=O)NC(=O)[C@H](CC(N)=O)NC(=O)[C@H](CCC(N)=O)NC1=O. The Bertz CT molecular complexity index is 2160. The topological polar surface area (TPSA) is 392 Å². The van der Waals surface area contributed by atoms with E-state index < -0.39 is 145 Å². The largest absolute Gasteiger partial charge is 0.497 e. The number of carbonyl (C=O) groups excluding carboxylic acids is 12. The minimum atomic E-state index is -1.73. The molecule has 0 unspecified atom stereocenters. The molecule has 8 atom stereocenters. The van der Waals surface area contributed by atoms with Crippen molar-refractivity contribution in [1.82, 2.24) is 47.4 Å². The minimum absolute atomic E-state index is 0.0129. The smallest absolute Gasteiger partial charge is 0.246 e. The fourth-order valence-corrected chi connectivity index (χ4v) is 8.90. The number of likely N-dealkylation sites (tertiary alicyclic amines) is 1. The third kappa shape index (κ3) is 20.6. The molecule has 2 aliphatic heterocycles. The summed E-state index contributed by atoms with van der Waals surface area (Å²) in [6, 6.07) is -2.63. The van der Waals surface area contributed by atoms with Crippen LogP contribution >= 0.6 is 11.8 Å². The van der Waals surface area contributed by atoms with Gasteiger partial charge < -0.3 is 69.4 Å². The number of rotatable bonds is 20. The monoisotopic (exact) mass is 1040 g/mol. The number of nitrogens with two attached hydrogens (primary N) is 3. The van der Waals surface area contributed by atoms with E-state index in [1.165, 1.54) is 23.8 Å². The van der Waals surface area contributed by atoms with E-state index >= 15 is 0 Å². The van der Waals surface area contributed by atoms with Crippen LogP contribution in [0.1, 0.15) is 91.0 Å².